The largest absolute Gasteiger partial charge is 0.507 e. The first kappa shape index (κ1) is 16.1. The maximum absolute atomic E-state index is 12.4. The fraction of sp³-hybridized carbons (Fsp3) is 0.533. The number of nitrogens with zero attached hydrogens (tertiary/aromatic N) is 3. The summed E-state index contributed by atoms with van der Waals surface area (Å²) in [5, 5.41) is 10.3. The van der Waals surface area contributed by atoms with Crippen LogP contribution >= 0.6 is 11.6 Å². The monoisotopic (exact) mass is 311 g/mol. The Morgan fingerprint density at radius 2 is 1.95 bits per heavy atom. The number of piperazine rings is 1. The number of rotatable bonds is 4. The van der Waals surface area contributed by atoms with Crippen LogP contribution in [0.25, 0.3) is 0 Å². The highest BCUT2D eigenvalue weighted by atomic mass is 35.5. The minimum Gasteiger partial charge on any atom is -0.507 e. The molecule has 0 bridgehead atoms. The molecule has 0 atom stereocenters. The van der Waals surface area contributed by atoms with Crippen molar-refractivity contribution >= 4 is 17.5 Å². The molecule has 6 heteroatoms. The quantitative estimate of drug-likeness (QED) is 0.912. The van der Waals surface area contributed by atoms with Gasteiger partial charge in [0, 0.05) is 44.3 Å². The Morgan fingerprint density at radius 3 is 2.52 bits per heavy atom. The average Bonchev–Trinajstić information content (AvgIpc) is 2.45. The number of halogens is 1. The van der Waals surface area contributed by atoms with E-state index >= 15 is 0 Å². The SMILES string of the molecule is CN(C)CCN1CCN(C(=O)c2ccc(Cl)cc2O)CC1. The lowest BCUT2D eigenvalue weighted by Gasteiger charge is -2.35. The van der Waals surface area contributed by atoms with Gasteiger partial charge < -0.3 is 14.9 Å². The van der Waals surface area contributed by atoms with Crippen LogP contribution in [0.2, 0.25) is 5.02 Å². The zero-order valence-corrected chi connectivity index (χ0v) is 13.3. The van der Waals surface area contributed by atoms with Crippen LogP contribution in [0.3, 0.4) is 0 Å². The minimum atomic E-state index is -0.128. The van der Waals surface area contributed by atoms with E-state index in [2.05, 4.69) is 23.9 Å². The second kappa shape index (κ2) is 7.11. The van der Waals surface area contributed by atoms with Crippen molar-refractivity contribution in [2.45, 2.75) is 0 Å². The van der Waals surface area contributed by atoms with E-state index in [1.54, 1.807) is 17.0 Å². The summed E-state index contributed by atoms with van der Waals surface area (Å²) < 4.78 is 0. The smallest absolute Gasteiger partial charge is 0.257 e. The van der Waals surface area contributed by atoms with E-state index in [0.717, 1.165) is 26.2 Å². The van der Waals surface area contributed by atoms with Gasteiger partial charge in [0.25, 0.3) is 5.91 Å². The minimum absolute atomic E-state index is 0.0532. The van der Waals surface area contributed by atoms with Crippen LogP contribution in [0.5, 0.6) is 5.75 Å². The van der Waals surface area contributed by atoms with Crippen LogP contribution in [0.4, 0.5) is 0 Å². The molecular formula is C15H22ClN3O2. The summed E-state index contributed by atoms with van der Waals surface area (Å²) in [4.78, 5) is 18.7. The second-order valence-electron chi connectivity index (χ2n) is 5.60. The average molecular weight is 312 g/mol. The number of hydrogen-bond donors (Lipinski definition) is 1. The lowest BCUT2D eigenvalue weighted by molar-refractivity contribution is 0.0627. The molecule has 2 rings (SSSR count). The Kier molecular flexibility index (Phi) is 5.45. The first-order chi connectivity index (χ1) is 9.97. The molecule has 21 heavy (non-hydrogen) atoms. The van der Waals surface area contributed by atoms with E-state index in [1.165, 1.54) is 6.07 Å². The zero-order chi connectivity index (χ0) is 15.4. The summed E-state index contributed by atoms with van der Waals surface area (Å²) in [6.45, 7) is 5.15. The van der Waals surface area contributed by atoms with Crippen molar-refractivity contribution in [2.24, 2.45) is 0 Å². The molecule has 1 heterocycles. The molecule has 0 spiro atoms. The number of benzene rings is 1. The number of aromatic hydroxyl groups is 1. The molecule has 0 unspecified atom stereocenters. The Morgan fingerprint density at radius 1 is 1.29 bits per heavy atom. The van der Waals surface area contributed by atoms with Gasteiger partial charge in [-0.15, -0.1) is 0 Å². The standard InChI is InChI=1S/C15H22ClN3O2/c1-17(2)5-6-18-7-9-19(10-8-18)15(21)13-4-3-12(16)11-14(13)20/h3-4,11,20H,5-10H2,1-2H3. The van der Waals surface area contributed by atoms with Crippen molar-refractivity contribution in [1.82, 2.24) is 14.7 Å². The highest BCUT2D eigenvalue weighted by Crippen LogP contribution is 2.23. The van der Waals surface area contributed by atoms with E-state index in [9.17, 15) is 9.90 Å². The molecule has 0 aromatic heterocycles. The summed E-state index contributed by atoms with van der Waals surface area (Å²) in [6.07, 6.45) is 0. The van der Waals surface area contributed by atoms with Gasteiger partial charge in [-0.25, -0.2) is 0 Å². The summed E-state index contributed by atoms with van der Waals surface area (Å²) in [7, 11) is 4.12. The molecule has 0 saturated carbocycles. The normalized spacial score (nSPS) is 16.5. The molecule has 116 valence electrons. The number of phenolic OH excluding ortho intramolecular Hbond substituents is 1. The Hall–Kier alpha value is -1.30. The maximum atomic E-state index is 12.4. The molecule has 0 radical (unpaired) electrons. The molecule has 1 amide bonds. The van der Waals surface area contributed by atoms with Crippen molar-refractivity contribution < 1.29 is 9.90 Å². The lowest BCUT2D eigenvalue weighted by atomic mass is 10.1. The highest BCUT2D eigenvalue weighted by Gasteiger charge is 2.23. The molecule has 1 aromatic rings. The third-order valence-corrected chi connectivity index (χ3v) is 3.95. The lowest BCUT2D eigenvalue weighted by Crippen LogP contribution is -2.50. The van der Waals surface area contributed by atoms with Crippen LogP contribution < -0.4 is 0 Å². The fourth-order valence-electron chi connectivity index (χ4n) is 2.37. The van der Waals surface area contributed by atoms with Gasteiger partial charge in [0.2, 0.25) is 0 Å². The number of likely N-dealkylation sites (N-methyl/N-ethyl adjacent to an activating group) is 1. The van der Waals surface area contributed by atoms with Crippen molar-refractivity contribution in [3.8, 4) is 5.75 Å². The molecule has 1 saturated heterocycles. The van der Waals surface area contributed by atoms with Crippen LogP contribution in [-0.2, 0) is 0 Å². The molecule has 1 aromatic carbocycles. The van der Waals surface area contributed by atoms with Gasteiger partial charge in [-0.2, -0.15) is 0 Å². The van der Waals surface area contributed by atoms with E-state index in [0.29, 0.717) is 23.7 Å². The first-order valence-electron chi connectivity index (χ1n) is 7.12. The third-order valence-electron chi connectivity index (χ3n) is 3.71. The van der Waals surface area contributed by atoms with E-state index in [1.807, 2.05) is 0 Å². The van der Waals surface area contributed by atoms with Gasteiger partial charge in [0.05, 0.1) is 5.56 Å². The molecule has 5 nitrogen and oxygen atoms in total. The predicted molar refractivity (Wildman–Crippen MR) is 84.0 cm³/mol. The van der Waals surface area contributed by atoms with E-state index in [-0.39, 0.29) is 11.7 Å². The Balaban J connectivity index is 1.91. The van der Waals surface area contributed by atoms with Gasteiger partial charge in [0.1, 0.15) is 5.75 Å². The van der Waals surface area contributed by atoms with Crippen LogP contribution in [-0.4, -0.2) is 79.1 Å². The van der Waals surface area contributed by atoms with Gasteiger partial charge in [-0.05, 0) is 32.3 Å². The van der Waals surface area contributed by atoms with Crippen LogP contribution in [0, 0.1) is 0 Å². The van der Waals surface area contributed by atoms with Gasteiger partial charge >= 0.3 is 0 Å². The number of hydrogen-bond acceptors (Lipinski definition) is 4. The second-order valence-corrected chi connectivity index (χ2v) is 6.04. The number of amides is 1. The van der Waals surface area contributed by atoms with Crippen LogP contribution in [0.15, 0.2) is 18.2 Å². The molecule has 1 N–H and O–H groups in total. The molecule has 1 aliphatic heterocycles. The van der Waals surface area contributed by atoms with E-state index < -0.39 is 0 Å². The summed E-state index contributed by atoms with van der Waals surface area (Å²) >= 11 is 5.79. The van der Waals surface area contributed by atoms with Crippen molar-refractivity contribution in [3.05, 3.63) is 28.8 Å². The zero-order valence-electron chi connectivity index (χ0n) is 12.5. The maximum Gasteiger partial charge on any atom is 0.257 e. The molecule has 1 aliphatic rings. The molecule has 0 aliphatic carbocycles. The Bertz CT molecular complexity index is 500. The predicted octanol–water partition coefficient (Wildman–Crippen LogP) is 1.36. The van der Waals surface area contributed by atoms with E-state index in [4.69, 9.17) is 11.6 Å². The number of carbonyl (C=O) groups excluding carboxylic acids is 1. The molecular weight excluding hydrogens is 290 g/mol. The summed E-state index contributed by atoms with van der Waals surface area (Å²) in [5.41, 5.74) is 0.321. The molecule has 1 fully saturated rings. The van der Waals surface area contributed by atoms with Crippen molar-refractivity contribution in [1.29, 1.82) is 0 Å². The van der Waals surface area contributed by atoms with Crippen LogP contribution in [0.1, 0.15) is 10.4 Å². The summed E-state index contributed by atoms with van der Waals surface area (Å²) in [6, 6.07) is 4.61. The van der Waals surface area contributed by atoms with Gasteiger partial charge in [0.15, 0.2) is 0 Å². The Labute approximate surface area is 130 Å². The topological polar surface area (TPSA) is 47.0 Å². The number of phenols is 1. The summed E-state index contributed by atoms with van der Waals surface area (Å²) in [5.74, 6) is -0.182. The number of carbonyl (C=O) groups is 1. The van der Waals surface area contributed by atoms with Gasteiger partial charge in [-0.3, -0.25) is 9.69 Å². The fourth-order valence-corrected chi connectivity index (χ4v) is 2.54. The first-order valence-corrected chi connectivity index (χ1v) is 7.50. The highest BCUT2D eigenvalue weighted by molar-refractivity contribution is 6.30. The van der Waals surface area contributed by atoms with Gasteiger partial charge in [-0.1, -0.05) is 11.6 Å². The van der Waals surface area contributed by atoms with Crippen molar-refractivity contribution in [2.75, 3.05) is 53.4 Å². The van der Waals surface area contributed by atoms with Crippen molar-refractivity contribution in [3.63, 3.8) is 0 Å². The third kappa shape index (κ3) is 4.33.